The van der Waals surface area contributed by atoms with Gasteiger partial charge in [0.25, 0.3) is 0 Å². The van der Waals surface area contributed by atoms with E-state index in [1.54, 1.807) is 7.11 Å². The van der Waals surface area contributed by atoms with E-state index < -0.39 is 5.60 Å². The Bertz CT molecular complexity index is 670. The average Bonchev–Trinajstić information content (AvgIpc) is 2.46. The Kier molecular flexibility index (Phi) is 5.39. The van der Waals surface area contributed by atoms with Gasteiger partial charge in [0, 0.05) is 12.7 Å². The first-order valence-electron chi connectivity index (χ1n) is 7.74. The zero-order chi connectivity index (χ0) is 17.0. The second kappa shape index (κ2) is 7.11. The molecule has 0 saturated heterocycles. The first kappa shape index (κ1) is 17.4. The molecule has 0 bridgehead atoms. The lowest BCUT2D eigenvalue weighted by Crippen LogP contribution is -2.35. The molecule has 23 heavy (non-hydrogen) atoms. The standard InChI is InChI=1S/C19H25NO3/c1-19(2,3)23-17(21)13-20(4)18(22-5)16-12-8-10-14-9-6-7-11-15(14)16/h6-12,18H,13H2,1-5H3. The SMILES string of the molecule is COC(c1cccc2ccccc12)N(C)CC(=O)OC(C)(C)C. The zero-order valence-corrected chi connectivity index (χ0v) is 14.5. The average molecular weight is 315 g/mol. The van der Waals surface area contributed by atoms with Crippen LogP contribution in [0.3, 0.4) is 0 Å². The van der Waals surface area contributed by atoms with Gasteiger partial charge in [0.2, 0.25) is 0 Å². The highest BCUT2D eigenvalue weighted by molar-refractivity contribution is 5.86. The molecule has 2 aromatic carbocycles. The summed E-state index contributed by atoms with van der Waals surface area (Å²) in [5.41, 5.74) is 0.552. The third kappa shape index (κ3) is 4.53. The van der Waals surface area contributed by atoms with Gasteiger partial charge in [0.15, 0.2) is 0 Å². The van der Waals surface area contributed by atoms with Gasteiger partial charge < -0.3 is 9.47 Å². The molecule has 0 spiro atoms. The molecule has 0 aliphatic carbocycles. The predicted molar refractivity (Wildman–Crippen MR) is 92.2 cm³/mol. The molecule has 0 radical (unpaired) electrons. The van der Waals surface area contributed by atoms with Gasteiger partial charge >= 0.3 is 5.97 Å². The summed E-state index contributed by atoms with van der Waals surface area (Å²) in [5, 5.41) is 2.27. The summed E-state index contributed by atoms with van der Waals surface area (Å²) in [6.07, 6.45) is -0.311. The number of hydrogen-bond acceptors (Lipinski definition) is 4. The summed E-state index contributed by atoms with van der Waals surface area (Å²) in [6.45, 7) is 5.76. The van der Waals surface area contributed by atoms with Crippen molar-refractivity contribution in [3.8, 4) is 0 Å². The molecular formula is C19H25NO3. The Morgan fingerprint density at radius 1 is 1.13 bits per heavy atom. The van der Waals surface area contributed by atoms with Gasteiger partial charge in [-0.1, -0.05) is 42.5 Å². The van der Waals surface area contributed by atoms with Crippen LogP contribution in [0.4, 0.5) is 0 Å². The first-order valence-corrected chi connectivity index (χ1v) is 7.74. The highest BCUT2D eigenvalue weighted by atomic mass is 16.6. The van der Waals surface area contributed by atoms with Crippen LogP contribution in [0.5, 0.6) is 0 Å². The second-order valence-corrected chi connectivity index (χ2v) is 6.66. The van der Waals surface area contributed by atoms with Crippen molar-refractivity contribution in [1.29, 1.82) is 0 Å². The predicted octanol–water partition coefficient (Wildman–Crippen LogP) is 3.76. The molecule has 0 amide bonds. The molecule has 1 atom stereocenters. The van der Waals surface area contributed by atoms with Crippen molar-refractivity contribution in [1.82, 2.24) is 4.90 Å². The van der Waals surface area contributed by atoms with Crippen molar-refractivity contribution in [3.63, 3.8) is 0 Å². The molecule has 1 unspecified atom stereocenters. The highest BCUT2D eigenvalue weighted by Gasteiger charge is 2.23. The molecule has 0 saturated carbocycles. The Hall–Kier alpha value is -1.91. The molecule has 0 aliphatic heterocycles. The molecule has 0 aliphatic rings. The van der Waals surface area contributed by atoms with E-state index in [0.717, 1.165) is 16.3 Å². The minimum atomic E-state index is -0.486. The number of rotatable bonds is 5. The molecule has 0 aromatic heterocycles. The van der Waals surface area contributed by atoms with Crippen molar-refractivity contribution in [2.45, 2.75) is 32.6 Å². The fourth-order valence-electron chi connectivity index (χ4n) is 2.67. The molecule has 0 fully saturated rings. The Labute approximate surface area is 138 Å². The molecule has 2 rings (SSSR count). The van der Waals surface area contributed by atoms with Crippen molar-refractivity contribution in [2.24, 2.45) is 0 Å². The fraction of sp³-hybridized carbons (Fsp3) is 0.421. The number of likely N-dealkylation sites (N-methyl/N-ethyl adjacent to an activating group) is 1. The summed E-state index contributed by atoms with van der Waals surface area (Å²) in [4.78, 5) is 13.9. The largest absolute Gasteiger partial charge is 0.459 e. The maximum atomic E-state index is 12.1. The monoisotopic (exact) mass is 315 g/mol. The maximum Gasteiger partial charge on any atom is 0.320 e. The fourth-order valence-corrected chi connectivity index (χ4v) is 2.67. The molecule has 2 aromatic rings. The molecular weight excluding hydrogens is 290 g/mol. The van der Waals surface area contributed by atoms with Crippen LogP contribution in [0, 0.1) is 0 Å². The summed E-state index contributed by atoms with van der Waals surface area (Å²) in [5.74, 6) is -0.262. The maximum absolute atomic E-state index is 12.1. The van der Waals surface area contributed by atoms with Crippen LogP contribution in [0.2, 0.25) is 0 Å². The van der Waals surface area contributed by atoms with Crippen LogP contribution in [0.1, 0.15) is 32.6 Å². The van der Waals surface area contributed by atoms with E-state index in [4.69, 9.17) is 9.47 Å². The minimum absolute atomic E-state index is 0.166. The lowest BCUT2D eigenvalue weighted by atomic mass is 10.0. The lowest BCUT2D eigenvalue weighted by Gasteiger charge is -2.28. The summed E-state index contributed by atoms with van der Waals surface area (Å²) in [6, 6.07) is 14.3. The quantitative estimate of drug-likeness (QED) is 0.622. The smallest absolute Gasteiger partial charge is 0.320 e. The molecule has 0 N–H and O–H groups in total. The van der Waals surface area contributed by atoms with Crippen LogP contribution in [0.25, 0.3) is 10.8 Å². The molecule has 4 heteroatoms. The van der Waals surface area contributed by atoms with E-state index in [2.05, 4.69) is 18.2 Å². The van der Waals surface area contributed by atoms with Gasteiger partial charge in [0.05, 0.1) is 6.54 Å². The normalized spacial score (nSPS) is 13.3. The third-order valence-electron chi connectivity index (χ3n) is 3.51. The summed E-state index contributed by atoms with van der Waals surface area (Å²) >= 11 is 0. The second-order valence-electron chi connectivity index (χ2n) is 6.66. The van der Waals surface area contributed by atoms with Crippen LogP contribution >= 0.6 is 0 Å². The Morgan fingerprint density at radius 2 is 1.78 bits per heavy atom. The van der Waals surface area contributed by atoms with Crippen molar-refractivity contribution in [2.75, 3.05) is 20.7 Å². The number of ether oxygens (including phenoxy) is 2. The number of benzene rings is 2. The van der Waals surface area contributed by atoms with E-state index in [1.807, 2.05) is 57.0 Å². The van der Waals surface area contributed by atoms with Gasteiger partial charge in [-0.2, -0.15) is 0 Å². The summed E-state index contributed by atoms with van der Waals surface area (Å²) < 4.78 is 11.0. The van der Waals surface area contributed by atoms with Gasteiger partial charge in [-0.05, 0) is 38.6 Å². The number of carbonyl (C=O) groups is 1. The number of nitrogens with zero attached hydrogens (tertiary/aromatic N) is 1. The van der Waals surface area contributed by atoms with Crippen molar-refractivity contribution < 1.29 is 14.3 Å². The van der Waals surface area contributed by atoms with Gasteiger partial charge in [0.1, 0.15) is 11.8 Å². The zero-order valence-electron chi connectivity index (χ0n) is 14.5. The van der Waals surface area contributed by atoms with Crippen molar-refractivity contribution in [3.05, 3.63) is 48.0 Å². The van der Waals surface area contributed by atoms with Crippen LogP contribution in [0.15, 0.2) is 42.5 Å². The third-order valence-corrected chi connectivity index (χ3v) is 3.51. The number of fused-ring (bicyclic) bond motifs is 1. The van der Waals surface area contributed by atoms with Gasteiger partial charge in [-0.25, -0.2) is 0 Å². The van der Waals surface area contributed by atoms with E-state index in [0.29, 0.717) is 0 Å². The van der Waals surface area contributed by atoms with Gasteiger partial charge in [-0.15, -0.1) is 0 Å². The minimum Gasteiger partial charge on any atom is -0.459 e. The topological polar surface area (TPSA) is 38.8 Å². The lowest BCUT2D eigenvalue weighted by molar-refractivity contribution is -0.159. The van der Waals surface area contributed by atoms with E-state index >= 15 is 0 Å². The van der Waals surface area contributed by atoms with Crippen LogP contribution in [-0.4, -0.2) is 37.2 Å². The summed E-state index contributed by atoms with van der Waals surface area (Å²) in [7, 11) is 3.51. The number of methoxy groups -OCH3 is 1. The van der Waals surface area contributed by atoms with Gasteiger partial charge in [-0.3, -0.25) is 9.69 Å². The Morgan fingerprint density at radius 3 is 2.43 bits per heavy atom. The van der Waals surface area contributed by atoms with Crippen LogP contribution in [-0.2, 0) is 14.3 Å². The molecule has 0 heterocycles. The highest BCUT2D eigenvalue weighted by Crippen LogP contribution is 2.28. The van der Waals surface area contributed by atoms with Crippen LogP contribution < -0.4 is 0 Å². The van der Waals surface area contributed by atoms with E-state index in [1.165, 1.54) is 0 Å². The Balaban J connectivity index is 2.23. The number of esters is 1. The first-order chi connectivity index (χ1) is 10.8. The molecule has 4 nitrogen and oxygen atoms in total. The molecule has 124 valence electrons. The van der Waals surface area contributed by atoms with E-state index in [-0.39, 0.29) is 18.7 Å². The number of hydrogen-bond donors (Lipinski definition) is 0. The van der Waals surface area contributed by atoms with E-state index in [9.17, 15) is 4.79 Å². The van der Waals surface area contributed by atoms with Crippen molar-refractivity contribution >= 4 is 16.7 Å². The number of carbonyl (C=O) groups excluding carboxylic acids is 1.